The van der Waals surface area contributed by atoms with E-state index >= 15 is 0 Å². The van der Waals surface area contributed by atoms with Gasteiger partial charge in [0.15, 0.2) is 0 Å². The van der Waals surface area contributed by atoms with Crippen molar-refractivity contribution in [2.75, 3.05) is 20.8 Å². The van der Waals surface area contributed by atoms with Crippen molar-refractivity contribution in [3.63, 3.8) is 0 Å². The van der Waals surface area contributed by atoms with E-state index in [4.69, 9.17) is 9.47 Å². The summed E-state index contributed by atoms with van der Waals surface area (Å²) >= 11 is 0. The molecule has 0 amide bonds. The van der Waals surface area contributed by atoms with Gasteiger partial charge >= 0.3 is 0 Å². The van der Waals surface area contributed by atoms with Crippen molar-refractivity contribution in [3.05, 3.63) is 0 Å². The van der Waals surface area contributed by atoms with Gasteiger partial charge in [-0.25, -0.2) is 0 Å². The first kappa shape index (κ1) is 18.9. The highest BCUT2D eigenvalue weighted by molar-refractivity contribution is 4.70. The highest BCUT2D eigenvalue weighted by Crippen LogP contribution is 2.21. The van der Waals surface area contributed by atoms with Crippen molar-refractivity contribution in [3.8, 4) is 0 Å². The quantitative estimate of drug-likeness (QED) is 0.404. The highest BCUT2D eigenvalue weighted by Gasteiger charge is 2.20. The Balaban J connectivity index is 3.94. The third-order valence-electron chi connectivity index (χ3n) is 3.98. The minimum absolute atomic E-state index is 0.387. The lowest BCUT2D eigenvalue weighted by Crippen LogP contribution is -2.27. The molecule has 0 saturated carbocycles. The maximum atomic E-state index is 5.72. The summed E-state index contributed by atoms with van der Waals surface area (Å²) in [5.74, 6) is 0.577. The summed E-state index contributed by atoms with van der Waals surface area (Å²) in [6.45, 7) is 5.37. The van der Waals surface area contributed by atoms with Crippen LogP contribution < -0.4 is 0 Å². The van der Waals surface area contributed by atoms with E-state index in [2.05, 4.69) is 13.8 Å². The largest absolute Gasteiger partial charge is 0.384 e. The average molecular weight is 272 g/mol. The number of methoxy groups -OCH3 is 2. The second-order valence-corrected chi connectivity index (χ2v) is 5.69. The predicted octanol–water partition coefficient (Wildman–Crippen LogP) is 5.20. The first-order valence-electron chi connectivity index (χ1n) is 8.31. The Morgan fingerprint density at radius 3 is 1.89 bits per heavy atom. The molecule has 0 rings (SSSR count). The zero-order chi connectivity index (χ0) is 14.3. The van der Waals surface area contributed by atoms with Crippen LogP contribution in [0.2, 0.25) is 0 Å². The predicted molar refractivity (Wildman–Crippen MR) is 83.7 cm³/mol. The molecule has 0 aromatic rings. The van der Waals surface area contributed by atoms with Crippen LogP contribution >= 0.6 is 0 Å². The van der Waals surface area contributed by atoms with E-state index in [0.717, 1.165) is 6.61 Å². The molecule has 0 saturated heterocycles. The van der Waals surface area contributed by atoms with E-state index < -0.39 is 0 Å². The molecule has 2 atom stereocenters. The average Bonchev–Trinajstić information content (AvgIpc) is 2.42. The van der Waals surface area contributed by atoms with E-state index in [-0.39, 0.29) is 0 Å². The molecule has 2 unspecified atom stereocenters. The molecular weight excluding hydrogens is 236 g/mol. The minimum atomic E-state index is 0.387. The van der Waals surface area contributed by atoms with E-state index in [1.54, 1.807) is 7.11 Å². The van der Waals surface area contributed by atoms with Crippen molar-refractivity contribution >= 4 is 0 Å². The Morgan fingerprint density at radius 1 is 0.737 bits per heavy atom. The normalized spacial score (nSPS) is 14.5. The second-order valence-electron chi connectivity index (χ2n) is 5.69. The van der Waals surface area contributed by atoms with Crippen molar-refractivity contribution in [1.82, 2.24) is 0 Å². The summed E-state index contributed by atoms with van der Waals surface area (Å²) in [4.78, 5) is 0. The zero-order valence-electron chi connectivity index (χ0n) is 13.7. The van der Waals surface area contributed by atoms with Crippen LogP contribution in [0.25, 0.3) is 0 Å². The van der Waals surface area contributed by atoms with Crippen LogP contribution in [0.15, 0.2) is 0 Å². The standard InChI is InChI=1S/C17H36O2/c1-5-7-9-10-12-14-17(19-4)16(15-18-3)13-11-8-6-2/h16-17H,5-15H2,1-4H3. The maximum absolute atomic E-state index is 5.72. The van der Waals surface area contributed by atoms with Gasteiger partial charge in [0, 0.05) is 20.1 Å². The van der Waals surface area contributed by atoms with Crippen LogP contribution in [0.4, 0.5) is 0 Å². The van der Waals surface area contributed by atoms with Crippen molar-refractivity contribution < 1.29 is 9.47 Å². The monoisotopic (exact) mass is 272 g/mol. The molecule has 19 heavy (non-hydrogen) atoms. The SMILES string of the molecule is CCCCCCCC(OC)C(CCCCC)COC. The molecule has 0 heterocycles. The lowest BCUT2D eigenvalue weighted by Gasteiger charge is -2.25. The van der Waals surface area contributed by atoms with Crippen molar-refractivity contribution in [2.45, 2.75) is 84.2 Å². The Hall–Kier alpha value is -0.0800. The van der Waals surface area contributed by atoms with Gasteiger partial charge in [-0.05, 0) is 12.8 Å². The summed E-state index contributed by atoms with van der Waals surface area (Å²) in [6.07, 6.45) is 13.5. The van der Waals surface area contributed by atoms with Crippen LogP contribution in [-0.4, -0.2) is 26.9 Å². The number of unbranched alkanes of at least 4 members (excludes halogenated alkanes) is 6. The molecule has 2 heteroatoms. The molecule has 0 aliphatic heterocycles. The van der Waals surface area contributed by atoms with Crippen LogP contribution in [-0.2, 0) is 9.47 Å². The van der Waals surface area contributed by atoms with Crippen LogP contribution in [0.5, 0.6) is 0 Å². The lowest BCUT2D eigenvalue weighted by atomic mass is 9.92. The fourth-order valence-electron chi connectivity index (χ4n) is 2.74. The summed E-state index contributed by atoms with van der Waals surface area (Å²) in [6, 6.07) is 0. The van der Waals surface area contributed by atoms with Crippen LogP contribution in [0, 0.1) is 5.92 Å². The fraction of sp³-hybridized carbons (Fsp3) is 1.00. The van der Waals surface area contributed by atoms with Gasteiger partial charge in [0.2, 0.25) is 0 Å². The summed E-state index contributed by atoms with van der Waals surface area (Å²) in [5.41, 5.74) is 0. The van der Waals surface area contributed by atoms with Crippen molar-refractivity contribution in [1.29, 1.82) is 0 Å². The van der Waals surface area contributed by atoms with Gasteiger partial charge in [-0.2, -0.15) is 0 Å². The molecule has 116 valence electrons. The topological polar surface area (TPSA) is 18.5 Å². The molecule has 0 N–H and O–H groups in total. The third kappa shape index (κ3) is 10.4. The molecule has 0 radical (unpaired) electrons. The summed E-state index contributed by atoms with van der Waals surface area (Å²) in [7, 11) is 3.67. The van der Waals surface area contributed by atoms with Gasteiger partial charge in [0.1, 0.15) is 0 Å². The van der Waals surface area contributed by atoms with Gasteiger partial charge < -0.3 is 9.47 Å². The molecule has 0 aromatic carbocycles. The number of rotatable bonds is 14. The van der Waals surface area contributed by atoms with E-state index in [9.17, 15) is 0 Å². The van der Waals surface area contributed by atoms with Gasteiger partial charge in [0.05, 0.1) is 12.7 Å². The van der Waals surface area contributed by atoms with Gasteiger partial charge in [0.25, 0.3) is 0 Å². The van der Waals surface area contributed by atoms with Gasteiger partial charge in [-0.3, -0.25) is 0 Å². The van der Waals surface area contributed by atoms with E-state index in [0.29, 0.717) is 12.0 Å². The molecule has 2 nitrogen and oxygen atoms in total. The maximum Gasteiger partial charge on any atom is 0.0621 e. The first-order valence-corrected chi connectivity index (χ1v) is 8.31. The highest BCUT2D eigenvalue weighted by atomic mass is 16.5. The molecule has 0 aliphatic carbocycles. The van der Waals surface area contributed by atoms with Gasteiger partial charge in [-0.15, -0.1) is 0 Å². The Morgan fingerprint density at radius 2 is 1.32 bits per heavy atom. The summed E-state index contributed by atoms with van der Waals surface area (Å²) in [5, 5.41) is 0. The number of ether oxygens (including phenoxy) is 2. The fourth-order valence-corrected chi connectivity index (χ4v) is 2.74. The molecule has 0 fully saturated rings. The van der Waals surface area contributed by atoms with Gasteiger partial charge in [-0.1, -0.05) is 65.2 Å². The van der Waals surface area contributed by atoms with Crippen LogP contribution in [0.3, 0.4) is 0 Å². The molecule has 0 aliphatic rings. The summed E-state index contributed by atoms with van der Waals surface area (Å²) < 4.78 is 11.1. The van der Waals surface area contributed by atoms with Crippen LogP contribution in [0.1, 0.15) is 78.1 Å². The Labute approximate surface area is 121 Å². The minimum Gasteiger partial charge on any atom is -0.384 e. The molecule has 0 spiro atoms. The van der Waals surface area contributed by atoms with Crippen molar-refractivity contribution in [2.24, 2.45) is 5.92 Å². The Bertz CT molecular complexity index is 171. The zero-order valence-corrected chi connectivity index (χ0v) is 13.7. The Kier molecular flexibility index (Phi) is 14.3. The molecular formula is C17H36O2. The van der Waals surface area contributed by atoms with E-state index in [1.807, 2.05) is 7.11 Å². The molecule has 0 aromatic heterocycles. The lowest BCUT2D eigenvalue weighted by molar-refractivity contribution is 0.00370. The third-order valence-corrected chi connectivity index (χ3v) is 3.98. The second kappa shape index (κ2) is 14.3. The first-order chi connectivity index (χ1) is 9.29. The van der Waals surface area contributed by atoms with E-state index in [1.165, 1.54) is 64.2 Å². The number of hydrogen-bond donors (Lipinski definition) is 0. The molecule has 0 bridgehead atoms. The smallest absolute Gasteiger partial charge is 0.0621 e. The number of hydrogen-bond acceptors (Lipinski definition) is 2.